The molecule has 1 aromatic carbocycles. The van der Waals surface area contributed by atoms with Crippen molar-refractivity contribution < 1.29 is 9.59 Å². The first-order valence-corrected chi connectivity index (χ1v) is 8.06. The highest BCUT2D eigenvalue weighted by Crippen LogP contribution is 2.15. The maximum Gasteiger partial charge on any atom is 0.313 e. The molecule has 128 valence electrons. The van der Waals surface area contributed by atoms with E-state index in [1.54, 1.807) is 12.1 Å². The third-order valence-electron chi connectivity index (χ3n) is 3.68. The van der Waals surface area contributed by atoms with E-state index in [-0.39, 0.29) is 0 Å². The number of carbonyl (C=O) groups is 2. The molecule has 0 aromatic heterocycles. The summed E-state index contributed by atoms with van der Waals surface area (Å²) in [5.74, 6) is -1.23. The highest BCUT2D eigenvalue weighted by molar-refractivity contribution is 6.39. The predicted molar refractivity (Wildman–Crippen MR) is 94.8 cm³/mol. The molecule has 23 heavy (non-hydrogen) atoms. The van der Waals surface area contributed by atoms with Gasteiger partial charge in [-0.3, -0.25) is 9.59 Å². The zero-order valence-corrected chi connectivity index (χ0v) is 14.6. The summed E-state index contributed by atoms with van der Waals surface area (Å²) in [7, 11) is 3.89. The summed E-state index contributed by atoms with van der Waals surface area (Å²) in [5.41, 5.74) is 1.64. The van der Waals surface area contributed by atoms with Gasteiger partial charge in [-0.05, 0) is 50.3 Å². The first-order valence-electron chi connectivity index (χ1n) is 8.06. The summed E-state index contributed by atoms with van der Waals surface area (Å²) in [4.78, 5) is 27.8. The molecule has 1 aromatic rings. The van der Waals surface area contributed by atoms with Crippen molar-refractivity contribution in [3.8, 4) is 0 Å². The van der Waals surface area contributed by atoms with Gasteiger partial charge in [-0.1, -0.05) is 13.8 Å². The lowest BCUT2D eigenvalue weighted by atomic mass is 10.2. The normalized spacial score (nSPS) is 10.5. The molecule has 0 atom stereocenters. The van der Waals surface area contributed by atoms with E-state index >= 15 is 0 Å². The van der Waals surface area contributed by atoms with Crippen molar-refractivity contribution in [3.63, 3.8) is 0 Å². The number of nitrogens with one attached hydrogen (secondary N) is 2. The molecule has 2 amide bonds. The summed E-state index contributed by atoms with van der Waals surface area (Å²) < 4.78 is 0. The molecule has 1 rings (SSSR count). The molecule has 2 N–H and O–H groups in total. The molecule has 0 fully saturated rings. The van der Waals surface area contributed by atoms with Gasteiger partial charge in [-0.15, -0.1) is 0 Å². The van der Waals surface area contributed by atoms with E-state index in [4.69, 9.17) is 0 Å². The Morgan fingerprint density at radius 1 is 1.00 bits per heavy atom. The van der Waals surface area contributed by atoms with Crippen LogP contribution < -0.4 is 15.5 Å². The molecule has 0 saturated heterocycles. The van der Waals surface area contributed by atoms with Crippen LogP contribution in [0, 0.1) is 0 Å². The zero-order chi connectivity index (χ0) is 17.2. The fourth-order valence-corrected chi connectivity index (χ4v) is 2.16. The first-order chi connectivity index (χ1) is 11.0. The second-order valence-corrected chi connectivity index (χ2v) is 5.53. The largest absolute Gasteiger partial charge is 0.378 e. The standard InChI is InChI=1S/C17H28N4O2/c1-5-21(6-2)13-7-12-18-16(22)17(23)19-14-8-10-15(11-9-14)20(3)4/h8-11H,5-7,12-13H2,1-4H3,(H,18,22)(H,19,23). The topological polar surface area (TPSA) is 64.7 Å². The van der Waals surface area contributed by atoms with Crippen LogP contribution in [0.3, 0.4) is 0 Å². The van der Waals surface area contributed by atoms with Crippen LogP contribution in [0.5, 0.6) is 0 Å². The highest BCUT2D eigenvalue weighted by Gasteiger charge is 2.13. The molecule has 0 aliphatic heterocycles. The monoisotopic (exact) mass is 320 g/mol. The van der Waals surface area contributed by atoms with Gasteiger partial charge in [0.25, 0.3) is 0 Å². The van der Waals surface area contributed by atoms with Crippen LogP contribution in [0.2, 0.25) is 0 Å². The van der Waals surface area contributed by atoms with Crippen LogP contribution in [0.4, 0.5) is 11.4 Å². The van der Waals surface area contributed by atoms with Gasteiger partial charge in [-0.25, -0.2) is 0 Å². The van der Waals surface area contributed by atoms with Crippen molar-refractivity contribution in [3.05, 3.63) is 24.3 Å². The molecule has 0 bridgehead atoms. The van der Waals surface area contributed by atoms with Gasteiger partial charge in [0, 0.05) is 32.0 Å². The Labute approximate surface area is 138 Å². The second kappa shape index (κ2) is 9.84. The molecule has 6 nitrogen and oxygen atoms in total. The fraction of sp³-hybridized carbons (Fsp3) is 0.529. The van der Waals surface area contributed by atoms with Crippen LogP contribution in [0.1, 0.15) is 20.3 Å². The quantitative estimate of drug-likeness (QED) is 0.563. The van der Waals surface area contributed by atoms with Gasteiger partial charge in [0.2, 0.25) is 0 Å². The van der Waals surface area contributed by atoms with Gasteiger partial charge in [0.15, 0.2) is 0 Å². The molecule has 0 aliphatic carbocycles. The summed E-state index contributed by atoms with van der Waals surface area (Å²) >= 11 is 0. The van der Waals surface area contributed by atoms with Gasteiger partial charge in [-0.2, -0.15) is 0 Å². The van der Waals surface area contributed by atoms with Crippen molar-refractivity contribution in [2.45, 2.75) is 20.3 Å². The Hall–Kier alpha value is -2.08. The molecule has 6 heteroatoms. The number of benzene rings is 1. The van der Waals surface area contributed by atoms with E-state index in [1.165, 1.54) is 0 Å². The first kappa shape index (κ1) is 19.0. The van der Waals surface area contributed by atoms with E-state index in [9.17, 15) is 9.59 Å². The minimum absolute atomic E-state index is 0.502. The molecular formula is C17H28N4O2. The number of carbonyl (C=O) groups excluding carboxylic acids is 2. The van der Waals surface area contributed by atoms with Crippen molar-refractivity contribution in [2.24, 2.45) is 0 Å². The lowest BCUT2D eigenvalue weighted by molar-refractivity contribution is -0.136. The molecule has 0 saturated carbocycles. The van der Waals surface area contributed by atoms with E-state index in [0.29, 0.717) is 12.2 Å². The van der Waals surface area contributed by atoms with Crippen LogP contribution in [0.15, 0.2) is 24.3 Å². The van der Waals surface area contributed by atoms with Crippen molar-refractivity contribution in [2.75, 3.05) is 50.5 Å². The number of amides is 2. The number of rotatable bonds is 8. The molecule has 0 heterocycles. The van der Waals surface area contributed by atoms with Gasteiger partial charge in [0.1, 0.15) is 0 Å². The second-order valence-electron chi connectivity index (χ2n) is 5.53. The van der Waals surface area contributed by atoms with E-state index in [0.717, 1.165) is 31.7 Å². The average molecular weight is 320 g/mol. The fourth-order valence-electron chi connectivity index (χ4n) is 2.16. The van der Waals surface area contributed by atoms with Crippen LogP contribution in [-0.2, 0) is 9.59 Å². The van der Waals surface area contributed by atoms with E-state index in [1.807, 2.05) is 31.1 Å². The number of anilines is 2. The van der Waals surface area contributed by atoms with E-state index in [2.05, 4.69) is 29.4 Å². The minimum Gasteiger partial charge on any atom is -0.378 e. The van der Waals surface area contributed by atoms with Gasteiger partial charge < -0.3 is 20.4 Å². The lowest BCUT2D eigenvalue weighted by Crippen LogP contribution is -2.37. The van der Waals surface area contributed by atoms with Crippen LogP contribution in [0.25, 0.3) is 0 Å². The maximum absolute atomic E-state index is 11.8. The van der Waals surface area contributed by atoms with Crippen molar-refractivity contribution in [1.29, 1.82) is 0 Å². The Morgan fingerprint density at radius 3 is 2.13 bits per heavy atom. The SMILES string of the molecule is CCN(CC)CCCNC(=O)C(=O)Nc1ccc(N(C)C)cc1. The number of hydrogen-bond donors (Lipinski definition) is 2. The minimum atomic E-state index is -0.634. The van der Waals surface area contributed by atoms with Gasteiger partial charge >= 0.3 is 11.8 Å². The molecule has 0 unspecified atom stereocenters. The average Bonchev–Trinajstić information content (AvgIpc) is 2.55. The Morgan fingerprint density at radius 2 is 1.61 bits per heavy atom. The molecule has 0 radical (unpaired) electrons. The van der Waals surface area contributed by atoms with Crippen LogP contribution in [-0.4, -0.2) is 57.0 Å². The molecular weight excluding hydrogens is 292 g/mol. The third kappa shape index (κ3) is 6.69. The Kier molecular flexibility index (Phi) is 8.11. The Balaban J connectivity index is 2.35. The van der Waals surface area contributed by atoms with Crippen LogP contribution >= 0.6 is 0 Å². The molecule has 0 aliphatic rings. The van der Waals surface area contributed by atoms with E-state index < -0.39 is 11.8 Å². The highest BCUT2D eigenvalue weighted by atomic mass is 16.2. The van der Waals surface area contributed by atoms with Crippen molar-refractivity contribution >= 4 is 23.2 Å². The predicted octanol–water partition coefficient (Wildman–Crippen LogP) is 1.54. The summed E-state index contributed by atoms with van der Waals surface area (Å²) in [6.45, 7) is 7.62. The lowest BCUT2D eigenvalue weighted by Gasteiger charge is -2.17. The van der Waals surface area contributed by atoms with Gasteiger partial charge in [0.05, 0.1) is 0 Å². The van der Waals surface area contributed by atoms with Crippen molar-refractivity contribution in [1.82, 2.24) is 10.2 Å². The summed E-state index contributed by atoms with van der Waals surface area (Å²) in [5, 5.41) is 5.25. The maximum atomic E-state index is 11.8. The summed E-state index contributed by atoms with van der Waals surface area (Å²) in [6, 6.07) is 7.33. The number of nitrogens with zero attached hydrogens (tertiary/aromatic N) is 2. The number of hydrogen-bond acceptors (Lipinski definition) is 4. The summed E-state index contributed by atoms with van der Waals surface area (Å²) in [6.07, 6.45) is 0.832. The smallest absolute Gasteiger partial charge is 0.313 e. The molecule has 0 spiro atoms. The Bertz CT molecular complexity index is 496. The third-order valence-corrected chi connectivity index (χ3v) is 3.68. The zero-order valence-electron chi connectivity index (χ0n) is 14.6.